The number of methoxy groups -OCH3 is 1. The van der Waals surface area contributed by atoms with Gasteiger partial charge in [-0.25, -0.2) is 8.42 Å². The first kappa shape index (κ1) is 15.0. The number of carbonyl (C=O) groups excluding carboxylic acids is 1. The van der Waals surface area contributed by atoms with Gasteiger partial charge < -0.3 is 9.26 Å². The van der Waals surface area contributed by atoms with Gasteiger partial charge >= 0.3 is 5.97 Å². The van der Waals surface area contributed by atoms with Crippen molar-refractivity contribution in [1.82, 2.24) is 9.46 Å². The highest BCUT2D eigenvalue weighted by molar-refractivity contribution is 7.89. The maximum atomic E-state index is 12.7. The number of aromatic nitrogens is 1. The van der Waals surface area contributed by atoms with E-state index >= 15 is 0 Å². The van der Waals surface area contributed by atoms with Gasteiger partial charge in [0.05, 0.1) is 7.11 Å². The molecule has 1 fully saturated rings. The molecule has 1 atom stereocenters. The van der Waals surface area contributed by atoms with Crippen molar-refractivity contribution in [3.8, 4) is 0 Å². The fourth-order valence-corrected chi connectivity index (χ4v) is 4.47. The summed E-state index contributed by atoms with van der Waals surface area (Å²) in [5, 5.41) is 3.67. The normalized spacial score (nSPS) is 20.9. The van der Waals surface area contributed by atoms with E-state index in [1.54, 1.807) is 13.8 Å². The number of hydrogen-bond donors (Lipinski definition) is 0. The maximum Gasteiger partial charge on any atom is 0.324 e. The lowest BCUT2D eigenvalue weighted by Crippen LogP contribution is -2.48. The van der Waals surface area contributed by atoms with E-state index in [2.05, 4.69) is 5.16 Å². The monoisotopic (exact) mass is 302 g/mol. The number of piperidine rings is 1. The van der Waals surface area contributed by atoms with E-state index in [0.717, 1.165) is 12.8 Å². The molecule has 0 aliphatic carbocycles. The molecule has 0 N–H and O–H groups in total. The van der Waals surface area contributed by atoms with Gasteiger partial charge in [-0.15, -0.1) is 0 Å². The Balaban J connectivity index is 2.44. The van der Waals surface area contributed by atoms with Gasteiger partial charge in [-0.2, -0.15) is 4.31 Å². The topological polar surface area (TPSA) is 89.7 Å². The molecule has 8 heteroatoms. The summed E-state index contributed by atoms with van der Waals surface area (Å²) in [6.07, 6.45) is 1.98. The van der Waals surface area contributed by atoms with E-state index in [9.17, 15) is 13.2 Å². The number of aryl methyl sites for hydroxylation is 2. The van der Waals surface area contributed by atoms with E-state index in [1.807, 2.05) is 0 Å². The standard InChI is InChI=1S/C12H18N2O5S/c1-8-11(9(2)19-13-8)20(16,17)14-7-5-4-6-10(14)12(15)18-3/h10H,4-7H2,1-3H3/t10-/m1/s1. The van der Waals surface area contributed by atoms with Crippen molar-refractivity contribution in [2.45, 2.75) is 44.0 Å². The Morgan fingerprint density at radius 3 is 2.65 bits per heavy atom. The molecule has 0 unspecified atom stereocenters. The molecule has 0 aromatic carbocycles. The molecule has 7 nitrogen and oxygen atoms in total. The van der Waals surface area contributed by atoms with Crippen molar-refractivity contribution >= 4 is 16.0 Å². The minimum Gasteiger partial charge on any atom is -0.468 e. The average Bonchev–Trinajstić information content (AvgIpc) is 2.77. The van der Waals surface area contributed by atoms with Crippen molar-refractivity contribution in [1.29, 1.82) is 0 Å². The predicted octanol–water partition coefficient (Wildman–Crippen LogP) is 1.01. The molecule has 0 radical (unpaired) electrons. The first-order chi connectivity index (χ1) is 9.39. The quantitative estimate of drug-likeness (QED) is 0.774. The number of esters is 1. The summed E-state index contributed by atoms with van der Waals surface area (Å²) in [6.45, 7) is 3.41. The summed E-state index contributed by atoms with van der Waals surface area (Å²) in [6, 6.07) is -0.771. The highest BCUT2D eigenvalue weighted by atomic mass is 32.2. The summed E-state index contributed by atoms with van der Waals surface area (Å²) in [4.78, 5) is 11.8. The van der Waals surface area contributed by atoms with Crippen LogP contribution < -0.4 is 0 Å². The van der Waals surface area contributed by atoms with Gasteiger partial charge in [-0.3, -0.25) is 4.79 Å². The number of nitrogens with zero attached hydrogens (tertiary/aromatic N) is 2. The van der Waals surface area contributed by atoms with Crippen LogP contribution in [0.5, 0.6) is 0 Å². The second-order valence-electron chi connectivity index (χ2n) is 4.80. The zero-order valence-corrected chi connectivity index (χ0v) is 12.6. The van der Waals surface area contributed by atoms with E-state index < -0.39 is 22.0 Å². The Kier molecular flexibility index (Phi) is 4.14. The van der Waals surface area contributed by atoms with Crippen molar-refractivity contribution in [2.75, 3.05) is 13.7 Å². The molecule has 1 aliphatic rings. The van der Waals surface area contributed by atoms with Crippen molar-refractivity contribution in [3.05, 3.63) is 11.5 Å². The van der Waals surface area contributed by atoms with Gasteiger partial charge in [0, 0.05) is 6.54 Å². The van der Waals surface area contributed by atoms with Gasteiger partial charge in [0.25, 0.3) is 0 Å². The minimum absolute atomic E-state index is 0.0494. The number of carbonyl (C=O) groups is 1. The third kappa shape index (κ3) is 2.45. The van der Waals surface area contributed by atoms with E-state index in [-0.39, 0.29) is 10.7 Å². The van der Waals surface area contributed by atoms with Gasteiger partial charge in [0.1, 0.15) is 16.6 Å². The van der Waals surface area contributed by atoms with Crippen molar-refractivity contribution < 1.29 is 22.5 Å². The number of hydrogen-bond acceptors (Lipinski definition) is 6. The van der Waals surface area contributed by atoms with Crippen LogP contribution in [-0.2, 0) is 19.6 Å². The van der Waals surface area contributed by atoms with Crippen LogP contribution in [0, 0.1) is 13.8 Å². The fourth-order valence-electron chi connectivity index (χ4n) is 2.52. The van der Waals surface area contributed by atoms with Gasteiger partial charge in [-0.1, -0.05) is 5.16 Å². The van der Waals surface area contributed by atoms with E-state index in [4.69, 9.17) is 9.26 Å². The molecule has 0 saturated carbocycles. The molecule has 1 aromatic rings. The molecular formula is C12H18N2O5S. The van der Waals surface area contributed by atoms with Crippen LogP contribution in [0.2, 0.25) is 0 Å². The summed E-state index contributed by atoms with van der Waals surface area (Å²) in [5.74, 6) is -0.295. The Labute approximate surface area is 117 Å². The lowest BCUT2D eigenvalue weighted by Gasteiger charge is -2.32. The molecule has 2 rings (SSSR count). The number of sulfonamides is 1. The maximum absolute atomic E-state index is 12.7. The fraction of sp³-hybridized carbons (Fsp3) is 0.667. The molecule has 0 bridgehead atoms. The largest absolute Gasteiger partial charge is 0.468 e. The Morgan fingerprint density at radius 1 is 1.40 bits per heavy atom. The Bertz CT molecular complexity index is 588. The van der Waals surface area contributed by atoms with E-state index in [1.165, 1.54) is 11.4 Å². The number of ether oxygens (including phenoxy) is 1. The highest BCUT2D eigenvalue weighted by Gasteiger charge is 2.40. The van der Waals surface area contributed by atoms with Crippen molar-refractivity contribution in [3.63, 3.8) is 0 Å². The second-order valence-corrected chi connectivity index (χ2v) is 6.63. The van der Waals surface area contributed by atoms with Crippen LogP contribution in [0.15, 0.2) is 9.42 Å². The lowest BCUT2D eigenvalue weighted by atomic mass is 10.1. The van der Waals surface area contributed by atoms with Crippen LogP contribution in [0.1, 0.15) is 30.7 Å². The Hall–Kier alpha value is -1.41. The molecule has 0 amide bonds. The first-order valence-corrected chi connectivity index (χ1v) is 7.86. The van der Waals surface area contributed by atoms with Gasteiger partial charge in [0.15, 0.2) is 5.76 Å². The smallest absolute Gasteiger partial charge is 0.324 e. The highest BCUT2D eigenvalue weighted by Crippen LogP contribution is 2.29. The molecule has 20 heavy (non-hydrogen) atoms. The molecule has 0 spiro atoms. The van der Waals surface area contributed by atoms with Crippen LogP contribution in [0.4, 0.5) is 0 Å². The summed E-state index contributed by atoms with van der Waals surface area (Å²) in [5.41, 5.74) is 0.302. The lowest BCUT2D eigenvalue weighted by molar-refractivity contribution is -0.146. The molecule has 1 aromatic heterocycles. The molecule has 2 heterocycles. The zero-order valence-electron chi connectivity index (χ0n) is 11.7. The van der Waals surface area contributed by atoms with Gasteiger partial charge in [0.2, 0.25) is 10.0 Å². The minimum atomic E-state index is -3.81. The third-order valence-corrected chi connectivity index (χ3v) is 5.61. The summed E-state index contributed by atoms with van der Waals surface area (Å²) >= 11 is 0. The third-order valence-electron chi connectivity index (χ3n) is 3.46. The molecule has 1 aliphatic heterocycles. The van der Waals surface area contributed by atoms with Gasteiger partial charge in [-0.05, 0) is 33.1 Å². The zero-order chi connectivity index (χ0) is 14.9. The summed E-state index contributed by atoms with van der Waals surface area (Å²) < 4.78 is 36.3. The van der Waals surface area contributed by atoms with Crippen LogP contribution in [-0.4, -0.2) is 43.5 Å². The van der Waals surface area contributed by atoms with Crippen molar-refractivity contribution in [2.24, 2.45) is 0 Å². The SMILES string of the molecule is COC(=O)[C@H]1CCCCN1S(=O)(=O)c1c(C)noc1C. The van der Waals surface area contributed by atoms with Crippen LogP contribution in [0.25, 0.3) is 0 Å². The molecule has 112 valence electrons. The molecular weight excluding hydrogens is 284 g/mol. The number of rotatable bonds is 3. The van der Waals surface area contributed by atoms with E-state index in [0.29, 0.717) is 18.7 Å². The Morgan fingerprint density at radius 2 is 2.10 bits per heavy atom. The average molecular weight is 302 g/mol. The predicted molar refractivity (Wildman–Crippen MR) is 69.5 cm³/mol. The first-order valence-electron chi connectivity index (χ1n) is 6.42. The van der Waals surface area contributed by atoms with Crippen LogP contribution >= 0.6 is 0 Å². The molecule has 1 saturated heterocycles. The second kappa shape index (κ2) is 5.53. The summed E-state index contributed by atoms with van der Waals surface area (Å²) in [7, 11) is -2.55. The van der Waals surface area contributed by atoms with Crippen LogP contribution in [0.3, 0.4) is 0 Å².